The second-order valence-electron chi connectivity index (χ2n) is 3.83. The zero-order chi connectivity index (χ0) is 9.56. The molecule has 0 heterocycles. The van der Waals surface area contributed by atoms with Gasteiger partial charge in [-0.25, -0.2) is 0 Å². The van der Waals surface area contributed by atoms with E-state index in [1.165, 1.54) is 0 Å². The van der Waals surface area contributed by atoms with Gasteiger partial charge in [0.1, 0.15) is 0 Å². The Kier molecular flexibility index (Phi) is 6.39. The Morgan fingerprint density at radius 3 is 2.08 bits per heavy atom. The molecule has 0 saturated carbocycles. The van der Waals surface area contributed by atoms with Gasteiger partial charge in [0.15, 0.2) is 0 Å². The van der Waals surface area contributed by atoms with Gasteiger partial charge >= 0.3 is 0 Å². The van der Waals surface area contributed by atoms with E-state index >= 15 is 0 Å². The Balaban J connectivity index is 3.70. The predicted molar refractivity (Wildman–Crippen MR) is 51.2 cm³/mol. The highest BCUT2D eigenvalue weighted by molar-refractivity contribution is 4.63. The molecule has 0 aromatic rings. The Hall–Kier alpha value is -0.0800. The van der Waals surface area contributed by atoms with E-state index in [0.717, 1.165) is 12.8 Å². The van der Waals surface area contributed by atoms with Gasteiger partial charge in [0.2, 0.25) is 0 Å². The van der Waals surface area contributed by atoms with E-state index in [1.807, 2.05) is 13.8 Å². The fraction of sp³-hybridized carbons (Fsp3) is 1.00. The molecule has 0 aliphatic rings. The van der Waals surface area contributed by atoms with Gasteiger partial charge in [-0.2, -0.15) is 0 Å². The summed E-state index contributed by atoms with van der Waals surface area (Å²) in [6, 6.07) is 0. The maximum absolute atomic E-state index is 8.68. The first kappa shape index (κ1) is 11.9. The summed E-state index contributed by atoms with van der Waals surface area (Å²) in [5, 5.41) is 8.68. The van der Waals surface area contributed by atoms with Crippen molar-refractivity contribution in [3.63, 3.8) is 0 Å². The third-order valence-corrected chi connectivity index (χ3v) is 1.84. The van der Waals surface area contributed by atoms with Crippen LogP contribution in [-0.4, -0.2) is 23.9 Å². The average molecular weight is 174 g/mol. The zero-order valence-electron chi connectivity index (χ0n) is 8.71. The van der Waals surface area contributed by atoms with Gasteiger partial charge in [-0.05, 0) is 32.6 Å². The lowest BCUT2D eigenvalue weighted by Crippen LogP contribution is -2.23. The largest absolute Gasteiger partial charge is 0.396 e. The first-order chi connectivity index (χ1) is 5.57. The van der Waals surface area contributed by atoms with Crippen LogP contribution >= 0.6 is 0 Å². The van der Waals surface area contributed by atoms with Crippen LogP contribution in [0.4, 0.5) is 0 Å². The Morgan fingerprint density at radius 1 is 1.17 bits per heavy atom. The minimum atomic E-state index is 0.269. The lowest BCUT2D eigenvalue weighted by atomic mass is 10.0. The van der Waals surface area contributed by atoms with Crippen LogP contribution < -0.4 is 0 Å². The molecule has 0 aliphatic carbocycles. The molecule has 1 N–H and O–H groups in total. The summed E-state index contributed by atoms with van der Waals surface area (Å²) in [4.78, 5) is 0. The van der Waals surface area contributed by atoms with E-state index in [-0.39, 0.29) is 12.7 Å². The maximum atomic E-state index is 8.68. The molecule has 2 nitrogen and oxygen atoms in total. The molecule has 0 aromatic carbocycles. The molecule has 0 spiro atoms. The topological polar surface area (TPSA) is 29.5 Å². The second kappa shape index (κ2) is 6.44. The van der Waals surface area contributed by atoms with Gasteiger partial charge < -0.3 is 9.84 Å². The fourth-order valence-corrected chi connectivity index (χ4v) is 1.20. The van der Waals surface area contributed by atoms with Crippen molar-refractivity contribution in [1.29, 1.82) is 0 Å². The van der Waals surface area contributed by atoms with Crippen LogP contribution in [0.25, 0.3) is 0 Å². The molecule has 0 amide bonds. The maximum Gasteiger partial charge on any atom is 0.0602 e. The van der Waals surface area contributed by atoms with Crippen LogP contribution in [0, 0.1) is 5.92 Å². The van der Waals surface area contributed by atoms with E-state index in [4.69, 9.17) is 9.84 Å². The Labute approximate surface area is 75.9 Å². The SMILES string of the molecule is CC(C)OC(CCCO)C(C)C. The van der Waals surface area contributed by atoms with Crippen LogP contribution in [0.2, 0.25) is 0 Å². The summed E-state index contributed by atoms with van der Waals surface area (Å²) in [5.74, 6) is 0.541. The molecule has 0 aliphatic heterocycles. The molecule has 1 atom stereocenters. The minimum absolute atomic E-state index is 0.269. The molecule has 0 aromatic heterocycles. The minimum Gasteiger partial charge on any atom is -0.396 e. The summed E-state index contributed by atoms with van der Waals surface area (Å²) in [5.41, 5.74) is 0. The number of hydrogen-bond donors (Lipinski definition) is 1. The number of aliphatic hydroxyl groups is 1. The highest BCUT2D eigenvalue weighted by Crippen LogP contribution is 2.14. The van der Waals surface area contributed by atoms with Gasteiger partial charge in [0, 0.05) is 6.61 Å². The van der Waals surface area contributed by atoms with Crippen LogP contribution in [0.1, 0.15) is 40.5 Å². The number of aliphatic hydroxyl groups excluding tert-OH is 1. The summed E-state index contributed by atoms with van der Waals surface area (Å²) >= 11 is 0. The third kappa shape index (κ3) is 5.56. The molecule has 1 unspecified atom stereocenters. The smallest absolute Gasteiger partial charge is 0.0602 e. The van der Waals surface area contributed by atoms with Crippen molar-refractivity contribution in [3.8, 4) is 0 Å². The van der Waals surface area contributed by atoms with Crippen LogP contribution in [-0.2, 0) is 4.74 Å². The van der Waals surface area contributed by atoms with Gasteiger partial charge in [0.05, 0.1) is 12.2 Å². The number of hydrogen-bond acceptors (Lipinski definition) is 2. The van der Waals surface area contributed by atoms with Crippen molar-refractivity contribution < 1.29 is 9.84 Å². The lowest BCUT2D eigenvalue weighted by molar-refractivity contribution is -0.0253. The van der Waals surface area contributed by atoms with Crippen molar-refractivity contribution in [1.82, 2.24) is 0 Å². The molecule has 0 rings (SSSR count). The van der Waals surface area contributed by atoms with Crippen molar-refractivity contribution in [2.45, 2.75) is 52.7 Å². The van der Waals surface area contributed by atoms with Gasteiger partial charge in [-0.15, -0.1) is 0 Å². The summed E-state index contributed by atoms with van der Waals surface area (Å²) in [6.07, 6.45) is 2.40. The first-order valence-corrected chi connectivity index (χ1v) is 4.84. The van der Waals surface area contributed by atoms with Gasteiger partial charge in [-0.1, -0.05) is 13.8 Å². The van der Waals surface area contributed by atoms with Crippen LogP contribution in [0.3, 0.4) is 0 Å². The second-order valence-corrected chi connectivity index (χ2v) is 3.83. The molecule has 12 heavy (non-hydrogen) atoms. The molecule has 74 valence electrons. The quantitative estimate of drug-likeness (QED) is 0.669. The average Bonchev–Trinajstić information content (AvgIpc) is 1.96. The molecule has 0 bridgehead atoms. The highest BCUT2D eigenvalue weighted by atomic mass is 16.5. The molecule has 0 fully saturated rings. The molecule has 2 heteroatoms. The van der Waals surface area contributed by atoms with Crippen LogP contribution in [0.5, 0.6) is 0 Å². The van der Waals surface area contributed by atoms with Crippen molar-refractivity contribution in [2.24, 2.45) is 5.92 Å². The third-order valence-electron chi connectivity index (χ3n) is 1.84. The standard InChI is InChI=1S/C10H22O2/c1-8(2)10(6-5-7-11)12-9(3)4/h8-11H,5-7H2,1-4H3. The van der Waals surface area contributed by atoms with Crippen molar-refractivity contribution >= 4 is 0 Å². The van der Waals surface area contributed by atoms with E-state index in [1.54, 1.807) is 0 Å². The van der Waals surface area contributed by atoms with E-state index < -0.39 is 0 Å². The fourth-order valence-electron chi connectivity index (χ4n) is 1.20. The zero-order valence-corrected chi connectivity index (χ0v) is 8.71. The highest BCUT2D eigenvalue weighted by Gasteiger charge is 2.14. The Bertz CT molecular complexity index is 100. The summed E-state index contributed by atoms with van der Waals surface area (Å²) in [6.45, 7) is 8.68. The van der Waals surface area contributed by atoms with E-state index in [2.05, 4.69) is 13.8 Å². The monoisotopic (exact) mass is 174 g/mol. The molecular weight excluding hydrogens is 152 g/mol. The summed E-state index contributed by atoms with van der Waals surface area (Å²) in [7, 11) is 0. The summed E-state index contributed by atoms with van der Waals surface area (Å²) < 4.78 is 5.70. The van der Waals surface area contributed by atoms with E-state index in [0.29, 0.717) is 12.0 Å². The van der Waals surface area contributed by atoms with Gasteiger partial charge in [0.25, 0.3) is 0 Å². The molecule has 0 radical (unpaired) electrons. The van der Waals surface area contributed by atoms with E-state index in [9.17, 15) is 0 Å². The Morgan fingerprint density at radius 2 is 1.75 bits per heavy atom. The number of ether oxygens (including phenoxy) is 1. The molecular formula is C10H22O2. The van der Waals surface area contributed by atoms with Crippen molar-refractivity contribution in [2.75, 3.05) is 6.61 Å². The number of rotatable bonds is 6. The predicted octanol–water partition coefficient (Wildman–Crippen LogP) is 2.21. The normalized spacial score (nSPS) is 14.2. The van der Waals surface area contributed by atoms with Gasteiger partial charge in [-0.3, -0.25) is 0 Å². The van der Waals surface area contributed by atoms with Crippen LogP contribution in [0.15, 0.2) is 0 Å². The molecule has 0 saturated heterocycles. The lowest BCUT2D eigenvalue weighted by Gasteiger charge is -2.23. The van der Waals surface area contributed by atoms with Crippen molar-refractivity contribution in [3.05, 3.63) is 0 Å². The first-order valence-electron chi connectivity index (χ1n) is 4.84.